The Hall–Kier alpha value is -3.26. The van der Waals surface area contributed by atoms with Crippen LogP contribution < -0.4 is 4.74 Å². The molecule has 1 fully saturated rings. The van der Waals surface area contributed by atoms with Crippen LogP contribution in [0.25, 0.3) is 10.8 Å². The zero-order valence-corrected chi connectivity index (χ0v) is 19.5. The molecule has 0 radical (unpaired) electrons. The lowest BCUT2D eigenvalue weighted by Crippen LogP contribution is -2.19. The molecule has 0 heterocycles. The van der Waals surface area contributed by atoms with Gasteiger partial charge in [0.2, 0.25) is 0 Å². The van der Waals surface area contributed by atoms with Crippen LogP contribution in [0.2, 0.25) is 0 Å². The summed E-state index contributed by atoms with van der Waals surface area (Å²) in [5.41, 5.74) is 2.11. The number of hydrogen-bond acceptors (Lipinski definition) is 1. The van der Waals surface area contributed by atoms with Crippen LogP contribution in [0.1, 0.15) is 61.1 Å². The monoisotopic (exact) mass is 480 g/mol. The van der Waals surface area contributed by atoms with Crippen molar-refractivity contribution in [2.75, 3.05) is 6.61 Å². The van der Waals surface area contributed by atoms with Crippen molar-refractivity contribution in [2.45, 2.75) is 50.6 Å². The third-order valence-corrected chi connectivity index (χ3v) is 6.67. The Bertz CT molecular complexity index is 1220. The molecule has 1 nitrogen and oxygen atoms in total. The van der Waals surface area contributed by atoms with Crippen molar-refractivity contribution in [3.63, 3.8) is 0 Å². The van der Waals surface area contributed by atoms with Gasteiger partial charge in [-0.1, -0.05) is 42.2 Å². The maximum atomic E-state index is 15.2. The Kier molecular flexibility index (Phi) is 7.80. The van der Waals surface area contributed by atoms with Crippen molar-refractivity contribution >= 4 is 10.8 Å². The number of alkyl halides is 3. The summed E-state index contributed by atoms with van der Waals surface area (Å²) in [6, 6.07) is 15.5. The van der Waals surface area contributed by atoms with Crippen molar-refractivity contribution in [1.82, 2.24) is 0 Å². The maximum Gasteiger partial charge on any atom is 0.422 e. The molecule has 0 saturated heterocycles. The smallest absolute Gasteiger partial charge is 0.422 e. The third kappa shape index (κ3) is 6.66. The number of ether oxygens (including phenoxy) is 1. The van der Waals surface area contributed by atoms with Gasteiger partial charge < -0.3 is 4.74 Å². The largest absolute Gasteiger partial charge is 0.484 e. The maximum absolute atomic E-state index is 15.2. The van der Waals surface area contributed by atoms with Crippen LogP contribution in [0.3, 0.4) is 0 Å². The van der Waals surface area contributed by atoms with Crippen molar-refractivity contribution in [1.29, 1.82) is 0 Å². The van der Waals surface area contributed by atoms with E-state index in [2.05, 4.69) is 24.5 Å². The van der Waals surface area contributed by atoms with Crippen LogP contribution in [-0.2, 0) is 0 Å². The molecular formula is C30H28F4O. The molecule has 0 bridgehead atoms. The molecule has 1 aliphatic rings. The second kappa shape index (κ2) is 11.0. The lowest BCUT2D eigenvalue weighted by atomic mass is 9.77. The average molecular weight is 481 g/mol. The molecule has 1 saturated carbocycles. The minimum Gasteiger partial charge on any atom is -0.484 e. The number of benzene rings is 3. The van der Waals surface area contributed by atoms with Crippen LogP contribution in [-0.4, -0.2) is 12.8 Å². The molecule has 0 N–H and O–H groups in total. The van der Waals surface area contributed by atoms with Gasteiger partial charge in [-0.05, 0) is 91.6 Å². The highest BCUT2D eigenvalue weighted by Gasteiger charge is 2.28. The third-order valence-electron chi connectivity index (χ3n) is 6.67. The summed E-state index contributed by atoms with van der Waals surface area (Å²) in [6.45, 7) is 2.47. The van der Waals surface area contributed by atoms with Gasteiger partial charge in [-0.15, -0.1) is 6.58 Å². The van der Waals surface area contributed by atoms with Crippen LogP contribution in [0.4, 0.5) is 17.6 Å². The highest BCUT2D eigenvalue weighted by Crippen LogP contribution is 2.38. The molecule has 4 rings (SSSR count). The van der Waals surface area contributed by atoms with E-state index >= 15 is 4.39 Å². The predicted molar refractivity (Wildman–Crippen MR) is 132 cm³/mol. The molecule has 3 aromatic carbocycles. The van der Waals surface area contributed by atoms with E-state index in [0.717, 1.165) is 17.7 Å². The highest BCUT2D eigenvalue weighted by atomic mass is 19.4. The van der Waals surface area contributed by atoms with Gasteiger partial charge >= 0.3 is 6.18 Å². The summed E-state index contributed by atoms with van der Waals surface area (Å²) in [6.07, 6.45) is 4.70. The molecule has 5 heteroatoms. The van der Waals surface area contributed by atoms with Gasteiger partial charge in [0, 0.05) is 10.9 Å². The van der Waals surface area contributed by atoms with E-state index in [1.54, 1.807) is 18.2 Å². The second-order valence-electron chi connectivity index (χ2n) is 9.17. The fourth-order valence-corrected chi connectivity index (χ4v) is 4.74. The van der Waals surface area contributed by atoms with Crippen molar-refractivity contribution in [2.24, 2.45) is 5.92 Å². The van der Waals surface area contributed by atoms with Crippen molar-refractivity contribution in [3.05, 3.63) is 89.8 Å². The van der Waals surface area contributed by atoms with E-state index in [1.165, 1.54) is 49.8 Å². The van der Waals surface area contributed by atoms with Crippen LogP contribution in [0, 0.1) is 23.6 Å². The summed E-state index contributed by atoms with van der Waals surface area (Å²) >= 11 is 0. The minimum atomic E-state index is -4.39. The van der Waals surface area contributed by atoms with Gasteiger partial charge in [-0.2, -0.15) is 13.2 Å². The Morgan fingerprint density at radius 3 is 2.37 bits per heavy atom. The van der Waals surface area contributed by atoms with Gasteiger partial charge in [0.15, 0.2) is 6.61 Å². The summed E-state index contributed by atoms with van der Waals surface area (Å²) in [7, 11) is 0. The Morgan fingerprint density at radius 1 is 0.943 bits per heavy atom. The van der Waals surface area contributed by atoms with Gasteiger partial charge in [-0.25, -0.2) is 4.39 Å². The zero-order chi connectivity index (χ0) is 24.8. The molecule has 0 spiro atoms. The molecular weight excluding hydrogens is 452 g/mol. The molecule has 1 aliphatic carbocycles. The average Bonchev–Trinajstić information content (AvgIpc) is 2.86. The van der Waals surface area contributed by atoms with E-state index in [4.69, 9.17) is 4.74 Å². The van der Waals surface area contributed by atoms with E-state index in [1.807, 2.05) is 24.3 Å². The molecule has 35 heavy (non-hydrogen) atoms. The van der Waals surface area contributed by atoms with Gasteiger partial charge in [0.1, 0.15) is 11.6 Å². The van der Waals surface area contributed by atoms with Crippen LogP contribution in [0.5, 0.6) is 5.75 Å². The summed E-state index contributed by atoms with van der Waals surface area (Å²) in [4.78, 5) is 0. The molecule has 0 aromatic heterocycles. The van der Waals surface area contributed by atoms with Crippen LogP contribution in [0.15, 0.2) is 67.3 Å². The van der Waals surface area contributed by atoms with Gasteiger partial charge in [0.25, 0.3) is 0 Å². The molecule has 0 amide bonds. The zero-order valence-electron chi connectivity index (χ0n) is 19.5. The minimum absolute atomic E-state index is 0.103. The Balaban J connectivity index is 1.44. The van der Waals surface area contributed by atoms with Crippen molar-refractivity contribution < 1.29 is 22.3 Å². The molecule has 182 valence electrons. The molecule has 0 aliphatic heterocycles. The standard InChI is InChI=1S/C30H28F4O/c1-2-3-4-21-5-10-23(11-6-21)25-15-18-28-26(19-25)14-13-24(29(28)31)12-7-22-8-16-27(17-9-22)35-20-30(32,33)34/h2,8-9,13-19,21,23H,1,3-6,10-11,20H2. The number of hydrogen-bond donors (Lipinski definition) is 0. The van der Waals surface area contributed by atoms with Gasteiger partial charge in [0.05, 0.1) is 5.56 Å². The van der Waals surface area contributed by atoms with E-state index in [-0.39, 0.29) is 17.1 Å². The topological polar surface area (TPSA) is 9.23 Å². The lowest BCUT2D eigenvalue weighted by Gasteiger charge is -2.28. The van der Waals surface area contributed by atoms with E-state index in [9.17, 15) is 13.2 Å². The quantitative estimate of drug-likeness (QED) is 0.195. The van der Waals surface area contributed by atoms with Gasteiger partial charge in [-0.3, -0.25) is 0 Å². The molecule has 3 aromatic rings. The number of halogens is 4. The SMILES string of the molecule is C=CCCC1CCC(c2ccc3c(F)c(C#Cc4ccc(OCC(F)(F)F)cc4)ccc3c2)CC1. The first-order valence-corrected chi connectivity index (χ1v) is 12.0. The number of fused-ring (bicyclic) bond motifs is 1. The number of rotatable bonds is 6. The fraction of sp³-hybridized carbons (Fsp3) is 0.333. The summed E-state index contributed by atoms with van der Waals surface area (Å²) < 4.78 is 56.6. The Morgan fingerprint density at radius 2 is 1.69 bits per heavy atom. The normalized spacial score (nSPS) is 18.1. The second-order valence-corrected chi connectivity index (χ2v) is 9.17. The number of allylic oxidation sites excluding steroid dienone is 1. The Labute approximate surface area is 203 Å². The van der Waals surface area contributed by atoms with E-state index < -0.39 is 12.8 Å². The van der Waals surface area contributed by atoms with Crippen LogP contribution >= 0.6 is 0 Å². The van der Waals surface area contributed by atoms with Crippen molar-refractivity contribution in [3.8, 4) is 17.6 Å². The first-order valence-electron chi connectivity index (χ1n) is 12.0. The first kappa shape index (κ1) is 24.9. The summed E-state index contributed by atoms with van der Waals surface area (Å²) in [5, 5.41) is 1.40. The predicted octanol–water partition coefficient (Wildman–Crippen LogP) is 8.56. The highest BCUT2D eigenvalue weighted by molar-refractivity contribution is 5.85. The fourth-order valence-electron chi connectivity index (χ4n) is 4.74. The summed E-state index contributed by atoms with van der Waals surface area (Å²) in [5.74, 6) is 6.76. The van der Waals surface area contributed by atoms with E-state index in [0.29, 0.717) is 16.9 Å². The molecule has 0 atom stereocenters. The first-order chi connectivity index (χ1) is 16.8. The molecule has 0 unspecified atom stereocenters. The lowest BCUT2D eigenvalue weighted by molar-refractivity contribution is -0.153.